The monoisotopic (exact) mass is 153 g/mol. The summed E-state index contributed by atoms with van der Waals surface area (Å²) >= 11 is 0. The van der Waals surface area contributed by atoms with Crippen LogP contribution in [0.2, 0.25) is 0 Å². The standard InChI is InChI=1S/C11H20/c1-10-4-8-11(9-5-10)6-2-3-7-11/h10H,2-9H2,1H3/i10D. The van der Waals surface area contributed by atoms with Crippen molar-refractivity contribution >= 4 is 0 Å². The largest absolute Gasteiger partial charge is 0.0625 e. The molecule has 0 radical (unpaired) electrons. The summed E-state index contributed by atoms with van der Waals surface area (Å²) in [5, 5.41) is 0. The fourth-order valence-electron chi connectivity index (χ4n) is 2.83. The lowest BCUT2D eigenvalue weighted by Gasteiger charge is -2.36. The molecule has 0 heterocycles. The summed E-state index contributed by atoms with van der Waals surface area (Å²) in [4.78, 5) is 0. The summed E-state index contributed by atoms with van der Waals surface area (Å²) in [7, 11) is 0. The van der Waals surface area contributed by atoms with E-state index in [0.29, 0.717) is 5.41 Å². The SMILES string of the molecule is [2H]C1(C)CCC2(CCCC2)CC1. The second kappa shape index (κ2) is 2.80. The molecule has 64 valence electrons. The van der Waals surface area contributed by atoms with E-state index in [2.05, 4.69) is 6.92 Å². The number of hydrogen-bond donors (Lipinski definition) is 0. The van der Waals surface area contributed by atoms with Crippen LogP contribution in [0.5, 0.6) is 0 Å². The summed E-state index contributed by atoms with van der Waals surface area (Å²) < 4.78 is 7.97. The van der Waals surface area contributed by atoms with Gasteiger partial charge in [0.25, 0.3) is 0 Å². The van der Waals surface area contributed by atoms with E-state index in [1.807, 2.05) is 0 Å². The van der Waals surface area contributed by atoms with Gasteiger partial charge in [0.1, 0.15) is 0 Å². The zero-order chi connectivity index (χ0) is 8.66. The highest BCUT2D eigenvalue weighted by molar-refractivity contribution is 4.88. The van der Waals surface area contributed by atoms with Crippen LogP contribution >= 0.6 is 0 Å². The molecule has 0 N–H and O–H groups in total. The van der Waals surface area contributed by atoms with Crippen molar-refractivity contribution in [2.75, 3.05) is 0 Å². The van der Waals surface area contributed by atoms with Gasteiger partial charge in [-0.15, -0.1) is 0 Å². The quantitative estimate of drug-likeness (QED) is 0.497. The van der Waals surface area contributed by atoms with E-state index in [9.17, 15) is 0 Å². The minimum absolute atomic E-state index is 0.0894. The van der Waals surface area contributed by atoms with Gasteiger partial charge in [-0.3, -0.25) is 0 Å². The van der Waals surface area contributed by atoms with Crippen LogP contribution in [0.1, 0.15) is 59.7 Å². The van der Waals surface area contributed by atoms with Gasteiger partial charge < -0.3 is 0 Å². The molecule has 0 unspecified atom stereocenters. The zero-order valence-corrected chi connectivity index (χ0v) is 7.66. The smallest absolute Gasteiger partial charge is 0.0300 e. The fourth-order valence-corrected chi connectivity index (χ4v) is 2.83. The van der Waals surface area contributed by atoms with Crippen LogP contribution in [0, 0.1) is 11.3 Å². The Labute approximate surface area is 71.8 Å². The van der Waals surface area contributed by atoms with Gasteiger partial charge in [0.05, 0.1) is 0 Å². The Morgan fingerprint density at radius 1 is 1.09 bits per heavy atom. The topological polar surface area (TPSA) is 0 Å². The van der Waals surface area contributed by atoms with Gasteiger partial charge in [-0.05, 0) is 37.0 Å². The van der Waals surface area contributed by atoms with Gasteiger partial charge in [0.2, 0.25) is 0 Å². The third-order valence-electron chi connectivity index (χ3n) is 3.83. The van der Waals surface area contributed by atoms with E-state index < -0.39 is 0 Å². The first kappa shape index (κ1) is 6.51. The Morgan fingerprint density at radius 3 is 2.18 bits per heavy atom. The molecule has 0 atom stereocenters. The van der Waals surface area contributed by atoms with Crippen molar-refractivity contribution in [3.63, 3.8) is 0 Å². The first-order valence-electron chi connectivity index (χ1n) is 5.62. The number of rotatable bonds is 0. The molecule has 0 bridgehead atoms. The van der Waals surface area contributed by atoms with Gasteiger partial charge in [-0.2, -0.15) is 0 Å². The normalized spacial score (nSPS) is 35.5. The van der Waals surface area contributed by atoms with Crippen molar-refractivity contribution in [1.29, 1.82) is 0 Å². The summed E-state index contributed by atoms with van der Waals surface area (Å²) in [5.74, 6) is -0.0894. The van der Waals surface area contributed by atoms with Crippen molar-refractivity contribution in [2.24, 2.45) is 11.3 Å². The molecule has 0 saturated heterocycles. The van der Waals surface area contributed by atoms with Crippen LogP contribution < -0.4 is 0 Å². The maximum absolute atomic E-state index is 7.97. The Bertz CT molecular complexity index is 154. The predicted octanol–water partition coefficient (Wildman–Crippen LogP) is 3.76. The van der Waals surface area contributed by atoms with Crippen LogP contribution in [0.15, 0.2) is 0 Å². The van der Waals surface area contributed by atoms with Crippen LogP contribution in [0.4, 0.5) is 0 Å². The summed E-state index contributed by atoms with van der Waals surface area (Å²) in [6, 6.07) is 0. The highest BCUT2D eigenvalue weighted by atomic mass is 14.4. The molecule has 0 aromatic heterocycles. The first-order chi connectivity index (χ1) is 5.62. The average molecular weight is 153 g/mol. The van der Waals surface area contributed by atoms with Gasteiger partial charge >= 0.3 is 0 Å². The molecule has 1 spiro atoms. The van der Waals surface area contributed by atoms with E-state index >= 15 is 0 Å². The molecule has 11 heavy (non-hydrogen) atoms. The third-order valence-corrected chi connectivity index (χ3v) is 3.83. The Kier molecular flexibility index (Phi) is 1.66. The minimum atomic E-state index is -0.0894. The van der Waals surface area contributed by atoms with Crippen LogP contribution in [-0.2, 0) is 0 Å². The number of hydrogen-bond acceptors (Lipinski definition) is 0. The van der Waals surface area contributed by atoms with Crippen LogP contribution in [0.25, 0.3) is 0 Å². The highest BCUT2D eigenvalue weighted by Crippen LogP contribution is 2.49. The highest BCUT2D eigenvalue weighted by Gasteiger charge is 2.36. The van der Waals surface area contributed by atoms with Gasteiger partial charge in [0.15, 0.2) is 0 Å². The van der Waals surface area contributed by atoms with Gasteiger partial charge in [-0.1, -0.05) is 32.6 Å². The molecule has 2 rings (SSSR count). The summed E-state index contributed by atoms with van der Waals surface area (Å²) in [6.07, 6.45) is 10.8. The van der Waals surface area contributed by atoms with Crippen molar-refractivity contribution in [3.05, 3.63) is 0 Å². The van der Waals surface area contributed by atoms with E-state index in [4.69, 9.17) is 1.37 Å². The summed E-state index contributed by atoms with van der Waals surface area (Å²) in [5.41, 5.74) is 0.709. The molecule has 0 aromatic rings. The molecule has 2 aliphatic carbocycles. The third kappa shape index (κ3) is 1.45. The van der Waals surface area contributed by atoms with Crippen LogP contribution in [0.3, 0.4) is 0 Å². The average Bonchev–Trinajstić information content (AvgIpc) is 2.46. The van der Waals surface area contributed by atoms with Crippen molar-refractivity contribution in [1.82, 2.24) is 0 Å². The molecular formula is C11H20. The molecule has 0 nitrogen and oxygen atoms in total. The molecule has 0 aliphatic heterocycles. The van der Waals surface area contributed by atoms with Crippen LogP contribution in [-0.4, -0.2) is 0 Å². The lowest BCUT2D eigenvalue weighted by atomic mass is 9.70. The second-order valence-electron chi connectivity index (χ2n) is 4.66. The van der Waals surface area contributed by atoms with E-state index in [1.54, 1.807) is 0 Å². The van der Waals surface area contributed by atoms with Gasteiger partial charge in [0, 0.05) is 1.37 Å². The summed E-state index contributed by atoms with van der Waals surface area (Å²) in [6.45, 7) is 2.11. The lowest BCUT2D eigenvalue weighted by Crippen LogP contribution is -2.23. The maximum Gasteiger partial charge on any atom is 0.0300 e. The Morgan fingerprint density at radius 2 is 1.64 bits per heavy atom. The first-order valence-corrected chi connectivity index (χ1v) is 5.12. The van der Waals surface area contributed by atoms with Gasteiger partial charge in [-0.25, -0.2) is 0 Å². The molecule has 0 amide bonds. The maximum atomic E-state index is 7.97. The van der Waals surface area contributed by atoms with Crippen molar-refractivity contribution in [3.8, 4) is 0 Å². The molecule has 2 aliphatic rings. The lowest BCUT2D eigenvalue weighted by molar-refractivity contribution is 0.162. The Balaban J connectivity index is 1.97. The van der Waals surface area contributed by atoms with E-state index in [-0.39, 0.29) is 5.89 Å². The zero-order valence-electron chi connectivity index (χ0n) is 8.66. The van der Waals surface area contributed by atoms with E-state index in [1.165, 1.54) is 38.5 Å². The second-order valence-corrected chi connectivity index (χ2v) is 4.66. The fraction of sp³-hybridized carbons (Fsp3) is 1.00. The van der Waals surface area contributed by atoms with Crippen molar-refractivity contribution in [2.45, 2.75) is 58.3 Å². The predicted molar refractivity (Wildman–Crippen MR) is 48.5 cm³/mol. The minimum Gasteiger partial charge on any atom is -0.0625 e. The molecule has 0 heteroatoms. The van der Waals surface area contributed by atoms with Crippen molar-refractivity contribution < 1.29 is 1.37 Å². The molecular weight excluding hydrogens is 132 g/mol. The van der Waals surface area contributed by atoms with E-state index in [0.717, 1.165) is 12.8 Å². The Hall–Kier alpha value is 0. The molecule has 0 aromatic carbocycles. The molecule has 2 saturated carbocycles. The molecule has 2 fully saturated rings.